The number of phenolic OH excluding ortho intramolecular Hbond substituents is 1. The van der Waals surface area contributed by atoms with Gasteiger partial charge in [-0.3, -0.25) is 38.6 Å². The van der Waals surface area contributed by atoms with Gasteiger partial charge in [-0.1, -0.05) is 70.2 Å². The predicted molar refractivity (Wildman–Crippen MR) is 237 cm³/mol. The summed E-state index contributed by atoms with van der Waals surface area (Å²) in [6, 6.07) is 4.33. The van der Waals surface area contributed by atoms with Gasteiger partial charge in [-0.15, -0.1) is 0 Å². The summed E-state index contributed by atoms with van der Waals surface area (Å²) in [7, 11) is 0. The van der Waals surface area contributed by atoms with Crippen molar-refractivity contribution in [3.63, 3.8) is 0 Å². The third-order valence-corrected chi connectivity index (χ3v) is 9.94. The lowest BCUT2D eigenvalue weighted by Crippen LogP contribution is -2.61. The summed E-state index contributed by atoms with van der Waals surface area (Å²) in [5, 5.41) is 54.2. The van der Waals surface area contributed by atoms with Gasteiger partial charge in [0.15, 0.2) is 5.96 Å². The molecule has 0 heterocycles. The average Bonchev–Trinajstić information content (AvgIpc) is 3.24. The number of carbonyl (C=O) groups excluding carboxylic acids is 6. The maximum atomic E-state index is 14.1. The first-order chi connectivity index (χ1) is 30.6. The Hall–Kier alpha value is -6.81. The number of hydrogen-bond donors (Lipinski definition) is 13. The minimum atomic E-state index is -1.61. The van der Waals surface area contributed by atoms with Crippen LogP contribution in [0.4, 0.5) is 0 Å². The Morgan fingerprint density at radius 1 is 0.600 bits per heavy atom. The van der Waals surface area contributed by atoms with Gasteiger partial charge in [-0.05, 0) is 60.8 Å². The Balaban J connectivity index is 2.44. The van der Waals surface area contributed by atoms with E-state index in [2.05, 4.69) is 36.9 Å². The molecule has 2 aromatic rings. The monoisotopic (exact) mass is 912 g/mol. The van der Waals surface area contributed by atoms with Crippen molar-refractivity contribution in [1.82, 2.24) is 31.9 Å². The van der Waals surface area contributed by atoms with Crippen molar-refractivity contribution in [3.05, 3.63) is 65.7 Å². The van der Waals surface area contributed by atoms with Gasteiger partial charge in [-0.2, -0.15) is 0 Å². The van der Waals surface area contributed by atoms with E-state index in [4.69, 9.17) is 17.2 Å². The normalized spacial score (nSPS) is 14.3. The summed E-state index contributed by atoms with van der Waals surface area (Å²) in [6.07, 6.45) is -1.38. The first-order valence-electron chi connectivity index (χ1n) is 21.1. The number of nitrogens with zero attached hydrogens (tertiary/aromatic N) is 1. The molecule has 0 saturated carbocycles. The summed E-state index contributed by atoms with van der Waals surface area (Å²) >= 11 is 0. The summed E-state index contributed by atoms with van der Waals surface area (Å²) in [5.41, 5.74) is 17.6. The first-order valence-corrected chi connectivity index (χ1v) is 21.1. The van der Waals surface area contributed by atoms with Crippen LogP contribution in [0.1, 0.15) is 70.9 Å². The van der Waals surface area contributed by atoms with Crippen LogP contribution in [0.5, 0.6) is 5.75 Å². The highest BCUT2D eigenvalue weighted by Gasteiger charge is 2.34. The zero-order valence-corrected chi connectivity index (χ0v) is 37.0. The van der Waals surface area contributed by atoms with Crippen molar-refractivity contribution in [3.8, 4) is 5.75 Å². The second kappa shape index (κ2) is 27.4. The number of benzene rings is 2. The quantitative estimate of drug-likeness (QED) is 0.0252. The smallest absolute Gasteiger partial charge is 0.326 e. The van der Waals surface area contributed by atoms with E-state index in [9.17, 15) is 58.8 Å². The third kappa shape index (κ3) is 20.1. The Morgan fingerprint density at radius 2 is 1.06 bits per heavy atom. The van der Waals surface area contributed by atoms with Crippen molar-refractivity contribution >= 4 is 53.3 Å². The highest BCUT2D eigenvalue weighted by atomic mass is 16.4. The number of aliphatic carboxylic acids is 2. The summed E-state index contributed by atoms with van der Waals surface area (Å²) < 4.78 is 0. The Morgan fingerprint density at radius 3 is 1.55 bits per heavy atom. The Bertz CT molecular complexity index is 1940. The highest BCUT2D eigenvalue weighted by Crippen LogP contribution is 2.14. The number of nitrogens with two attached hydrogens (primary N) is 3. The fourth-order valence-electron chi connectivity index (χ4n) is 6.26. The number of amides is 6. The van der Waals surface area contributed by atoms with E-state index in [0.717, 1.165) is 0 Å². The van der Waals surface area contributed by atoms with Crippen LogP contribution in [0, 0.1) is 11.8 Å². The topological polar surface area (TPSA) is 380 Å². The second-order valence-electron chi connectivity index (χ2n) is 16.2. The van der Waals surface area contributed by atoms with Crippen molar-refractivity contribution in [2.45, 2.75) is 115 Å². The lowest BCUT2D eigenvalue weighted by molar-refractivity contribution is -0.142. The van der Waals surface area contributed by atoms with Gasteiger partial charge in [0, 0.05) is 25.8 Å². The van der Waals surface area contributed by atoms with E-state index in [1.807, 2.05) is 0 Å². The molecule has 0 fully saturated rings. The van der Waals surface area contributed by atoms with Gasteiger partial charge in [0.25, 0.3) is 0 Å². The first kappa shape index (κ1) is 54.3. The van der Waals surface area contributed by atoms with Crippen LogP contribution in [-0.4, -0.2) is 129 Å². The number of phenols is 1. The third-order valence-electron chi connectivity index (χ3n) is 9.94. The van der Waals surface area contributed by atoms with Gasteiger partial charge >= 0.3 is 11.9 Å². The minimum absolute atomic E-state index is 0.00902. The van der Waals surface area contributed by atoms with Gasteiger partial charge in [-0.25, -0.2) is 4.79 Å². The van der Waals surface area contributed by atoms with Crippen molar-refractivity contribution < 1.29 is 58.8 Å². The van der Waals surface area contributed by atoms with E-state index >= 15 is 0 Å². The number of aliphatic imine (C=N–C) groups is 1. The summed E-state index contributed by atoms with van der Waals surface area (Å²) in [6.45, 7) is 6.12. The number of hydrogen-bond acceptors (Lipinski definition) is 12. The fraction of sp³-hybridized carbons (Fsp3) is 0.512. The molecule has 0 aliphatic rings. The Labute approximate surface area is 376 Å². The van der Waals surface area contributed by atoms with Crippen LogP contribution in [-0.2, 0) is 51.2 Å². The lowest BCUT2D eigenvalue weighted by atomic mass is 9.99. The van der Waals surface area contributed by atoms with Crippen molar-refractivity contribution in [1.29, 1.82) is 0 Å². The second-order valence-corrected chi connectivity index (χ2v) is 16.2. The molecule has 0 radical (unpaired) electrons. The maximum Gasteiger partial charge on any atom is 0.326 e. The van der Waals surface area contributed by atoms with E-state index in [-0.39, 0.29) is 62.2 Å². The molecule has 0 aromatic heterocycles. The van der Waals surface area contributed by atoms with E-state index in [1.165, 1.54) is 24.3 Å². The number of carboxylic acid groups (broad SMARTS) is 2. The largest absolute Gasteiger partial charge is 0.508 e. The number of rotatable bonds is 28. The van der Waals surface area contributed by atoms with Crippen molar-refractivity contribution in [2.75, 3.05) is 13.2 Å². The summed E-state index contributed by atoms with van der Waals surface area (Å²) in [5.74, 6) is -8.92. The van der Waals surface area contributed by atoms with Crippen LogP contribution in [0.2, 0.25) is 0 Å². The molecule has 2 rings (SSSR count). The Kier molecular flexibility index (Phi) is 22.9. The molecule has 7 atom stereocenters. The summed E-state index contributed by atoms with van der Waals surface area (Å²) in [4.78, 5) is 110. The molecular formula is C43H64N10O12. The van der Waals surface area contributed by atoms with Crippen LogP contribution >= 0.6 is 0 Å². The van der Waals surface area contributed by atoms with E-state index in [1.54, 1.807) is 58.0 Å². The van der Waals surface area contributed by atoms with Gasteiger partial charge < -0.3 is 69.5 Å². The van der Waals surface area contributed by atoms with Crippen LogP contribution < -0.4 is 49.1 Å². The number of nitrogens with one attached hydrogen (secondary N) is 6. The molecule has 16 N–H and O–H groups in total. The van der Waals surface area contributed by atoms with Crippen molar-refractivity contribution in [2.24, 2.45) is 34.0 Å². The molecule has 358 valence electrons. The molecular weight excluding hydrogens is 849 g/mol. The number of aliphatic hydroxyl groups is 1. The molecule has 22 heteroatoms. The number of aromatic hydroxyl groups is 1. The average molecular weight is 913 g/mol. The predicted octanol–water partition coefficient (Wildman–Crippen LogP) is -1.89. The molecule has 0 bridgehead atoms. The number of guanidine groups is 1. The van der Waals surface area contributed by atoms with E-state index in [0.29, 0.717) is 11.1 Å². The zero-order chi connectivity index (χ0) is 48.8. The standard InChI is InChI=1S/C43H64N10O12/c1-23(2)19-30(50-39(61)31(20-25-9-6-5-7-10-25)52-40(62)33(22-54)53-41(63)35(44)24(3)4)37(59)48-28(16-17-34(56)57)36(58)51-32(21-26-12-14-27(55)15-13-26)38(60)49-29(42(64)65)11-8-18-47-43(45)46/h5-7,9-10,12-15,23-24,28-33,35,54-55H,8,11,16-22,44H2,1-4H3,(H,48,59)(H,49,60)(H,50,61)(H,51,58)(H,52,62)(H,53,63)(H,56,57)(H,64,65)(H4,45,46,47)/t28-,29-,30-,31-,32-,33-,35-/m0/s1. The molecule has 0 unspecified atom stereocenters. The molecule has 22 nitrogen and oxygen atoms in total. The van der Waals surface area contributed by atoms with Gasteiger partial charge in [0.2, 0.25) is 35.4 Å². The SMILES string of the molecule is CC(C)C[C@H](NC(=O)[C@H](Cc1ccccc1)NC(=O)[C@H](CO)NC(=O)[C@@H](N)C(C)C)C(=O)N[C@@H](CCC(=O)O)C(=O)N[C@@H](Cc1ccc(O)cc1)C(=O)N[C@@H](CCCN=C(N)N)C(=O)O. The lowest BCUT2D eigenvalue weighted by Gasteiger charge is -2.28. The molecule has 0 aliphatic heterocycles. The maximum absolute atomic E-state index is 14.1. The number of aliphatic hydroxyl groups excluding tert-OH is 1. The van der Waals surface area contributed by atoms with Gasteiger partial charge in [0.05, 0.1) is 12.6 Å². The van der Waals surface area contributed by atoms with Crippen LogP contribution in [0.3, 0.4) is 0 Å². The van der Waals surface area contributed by atoms with Crippen LogP contribution in [0.25, 0.3) is 0 Å². The molecule has 0 spiro atoms. The molecule has 65 heavy (non-hydrogen) atoms. The van der Waals surface area contributed by atoms with E-state index < -0.39 is 109 Å². The molecule has 0 aliphatic carbocycles. The number of carbonyl (C=O) groups is 8. The molecule has 6 amide bonds. The molecule has 2 aromatic carbocycles. The zero-order valence-electron chi connectivity index (χ0n) is 37.0. The highest BCUT2D eigenvalue weighted by molar-refractivity contribution is 5.97. The van der Waals surface area contributed by atoms with Gasteiger partial charge in [0.1, 0.15) is 42.0 Å². The molecule has 0 saturated heterocycles. The minimum Gasteiger partial charge on any atom is -0.508 e. The fourth-order valence-corrected chi connectivity index (χ4v) is 6.26. The van der Waals surface area contributed by atoms with Crippen LogP contribution in [0.15, 0.2) is 59.6 Å². The number of carboxylic acids is 2.